The first-order valence-corrected chi connectivity index (χ1v) is 31.8. The van der Waals surface area contributed by atoms with E-state index in [-0.39, 0.29) is 124 Å². The molecular formula is C60H82Cu2F12Fe2N8O15P2+2. The Kier molecular flexibility index (Phi) is 59.8. The summed E-state index contributed by atoms with van der Waals surface area (Å²) in [5.41, 5.74) is 7.83. The van der Waals surface area contributed by atoms with Crippen LogP contribution in [0.2, 0.25) is 0 Å². The van der Waals surface area contributed by atoms with Crippen molar-refractivity contribution < 1.29 is 194 Å². The van der Waals surface area contributed by atoms with Gasteiger partial charge in [-0.05, 0) is 126 Å². The van der Waals surface area contributed by atoms with E-state index in [1.54, 1.807) is 46.7 Å². The number of carboxylic acids is 4. The topological polar surface area (TPSA) is 381 Å². The van der Waals surface area contributed by atoms with Gasteiger partial charge in [0.05, 0.1) is 34.7 Å². The van der Waals surface area contributed by atoms with Crippen LogP contribution in [-0.4, -0.2) is 137 Å². The average molecular weight is 1680 g/mol. The van der Waals surface area contributed by atoms with Gasteiger partial charge in [-0.25, -0.2) is 0 Å². The van der Waals surface area contributed by atoms with E-state index in [0.29, 0.717) is 61.5 Å². The second kappa shape index (κ2) is 53.1. The molecule has 4 aromatic heterocycles. The second-order valence-electron chi connectivity index (χ2n) is 20.0. The Balaban J connectivity index is -0.000000166. The Morgan fingerprint density at radius 3 is 0.762 bits per heavy atom. The van der Waals surface area contributed by atoms with Gasteiger partial charge in [0.25, 0.3) is 0 Å². The van der Waals surface area contributed by atoms with Crippen molar-refractivity contribution in [1.82, 2.24) is 39.5 Å². The number of carbonyl (C=O) groups is 4. The number of carbonyl (C=O) groups excluding carboxylic acids is 4. The number of benzene rings is 2. The van der Waals surface area contributed by atoms with Crippen LogP contribution < -0.4 is 30.6 Å². The normalized spacial score (nSPS) is 11.4. The van der Waals surface area contributed by atoms with Gasteiger partial charge in [0.1, 0.15) is 0 Å². The number of aliphatic carboxylic acids is 4. The first-order valence-electron chi connectivity index (χ1n) is 27.8. The zero-order chi connectivity index (χ0) is 75.6. The largest absolute Gasteiger partial charge is 4.00 e. The predicted octanol–water partition coefficient (Wildman–Crippen LogP) is 6.63. The van der Waals surface area contributed by atoms with Crippen molar-refractivity contribution in [3.05, 3.63) is 178 Å². The summed E-state index contributed by atoms with van der Waals surface area (Å²) < 4.78 is 118. The Morgan fingerprint density at radius 2 is 0.594 bits per heavy atom. The van der Waals surface area contributed by atoms with Gasteiger partial charge in [0, 0.05) is 143 Å². The van der Waals surface area contributed by atoms with Gasteiger partial charge < -0.3 is 75.7 Å². The monoisotopic (exact) mass is 1680 g/mol. The molecule has 0 saturated heterocycles. The smallest absolute Gasteiger partial charge is 2.00 e. The van der Waals surface area contributed by atoms with Gasteiger partial charge >= 0.3 is 134 Å². The molecular weight excluding hydrogens is 1600 g/mol. The zero-order valence-corrected chi connectivity index (χ0v) is 62.3. The number of aromatic nitrogens is 4. The minimum absolute atomic E-state index is 0. The zero-order valence-electron chi connectivity index (χ0n) is 56.4. The minimum atomic E-state index is -10.7. The molecule has 6 aromatic rings. The van der Waals surface area contributed by atoms with E-state index in [9.17, 15) is 80.4 Å². The van der Waals surface area contributed by atoms with Crippen molar-refractivity contribution in [2.45, 2.75) is 120 Å². The van der Waals surface area contributed by atoms with E-state index in [2.05, 4.69) is 57.4 Å². The van der Waals surface area contributed by atoms with Gasteiger partial charge in [0.15, 0.2) is 0 Å². The summed E-state index contributed by atoms with van der Waals surface area (Å²) in [6, 6.07) is 30.6. The summed E-state index contributed by atoms with van der Waals surface area (Å²) >= 11 is 0. The van der Waals surface area contributed by atoms with Crippen LogP contribution in [0.4, 0.5) is 50.4 Å². The van der Waals surface area contributed by atoms with E-state index < -0.39 is 39.5 Å². The fourth-order valence-corrected chi connectivity index (χ4v) is 7.63. The number of hydrogen-bond donors (Lipinski definition) is 4. The van der Waals surface area contributed by atoms with Crippen molar-refractivity contribution in [2.24, 2.45) is 0 Å². The molecule has 0 aliphatic carbocycles. The molecule has 0 aliphatic rings. The van der Waals surface area contributed by atoms with Crippen molar-refractivity contribution in [3.8, 4) is 11.5 Å². The maximum atomic E-state index is 13.4. The first kappa shape index (κ1) is 114. The summed E-state index contributed by atoms with van der Waals surface area (Å²) in [5.74, 6) is -4.66. The summed E-state index contributed by atoms with van der Waals surface area (Å²) in [6.07, 6.45) is 6.87. The summed E-state index contributed by atoms with van der Waals surface area (Å²) in [4.78, 5) is 65.6. The Labute approximate surface area is 620 Å². The molecule has 0 atom stereocenters. The third-order valence-electron chi connectivity index (χ3n) is 10.9. The van der Waals surface area contributed by atoms with Gasteiger partial charge in [-0.3, -0.25) is 39.5 Å². The summed E-state index contributed by atoms with van der Waals surface area (Å²) in [6.45, 7) is 17.0. The molecule has 0 bridgehead atoms. The molecule has 0 amide bonds. The number of rotatable bonds is 22. The van der Waals surface area contributed by atoms with Gasteiger partial charge in [-0.15, -0.1) is 0 Å². The molecule has 0 spiro atoms. The van der Waals surface area contributed by atoms with Gasteiger partial charge in [-0.2, -0.15) is 0 Å². The molecule has 6 rings (SSSR count). The van der Waals surface area contributed by atoms with Crippen LogP contribution >= 0.6 is 15.6 Å². The van der Waals surface area contributed by atoms with Crippen LogP contribution in [-0.2, 0) is 145 Å². The number of aliphatic hydroxyl groups excluding tert-OH is 4. The molecule has 4 heterocycles. The number of aryl methyl sites for hydroxylation is 2. The van der Waals surface area contributed by atoms with E-state index in [1.807, 2.05) is 98.8 Å². The molecule has 2 radical (unpaired) electrons. The molecule has 0 saturated carbocycles. The van der Waals surface area contributed by atoms with Crippen LogP contribution in [0.1, 0.15) is 97.7 Å². The fourth-order valence-electron chi connectivity index (χ4n) is 7.63. The number of aliphatic hydroxyl groups is 4. The van der Waals surface area contributed by atoms with Crippen LogP contribution in [0, 0.1) is 13.8 Å². The summed E-state index contributed by atoms with van der Waals surface area (Å²) in [7, 11) is -17.3. The number of halogens is 12. The van der Waals surface area contributed by atoms with Crippen molar-refractivity contribution in [1.29, 1.82) is 0 Å². The van der Waals surface area contributed by atoms with Gasteiger partial charge in [-0.1, -0.05) is 71.2 Å². The molecule has 2 aromatic carbocycles. The maximum absolute atomic E-state index is 13.4. The molecule has 101 heavy (non-hydrogen) atoms. The second-order valence-corrected chi connectivity index (χ2v) is 23.9. The third kappa shape index (κ3) is 71.1. The Morgan fingerprint density at radius 1 is 0.406 bits per heavy atom. The number of nitrogens with zero attached hydrogens (tertiary/aromatic N) is 8. The minimum Gasteiger partial charge on any atom is -2.00 e. The molecule has 582 valence electrons. The van der Waals surface area contributed by atoms with E-state index >= 15 is 0 Å². The van der Waals surface area contributed by atoms with Crippen LogP contribution in [0.25, 0.3) is 0 Å². The Hall–Kier alpha value is -5.74. The number of carboxylic acid groups (broad SMARTS) is 4. The third-order valence-corrected chi connectivity index (χ3v) is 10.9. The van der Waals surface area contributed by atoms with Gasteiger partial charge in [0.2, 0.25) is 0 Å². The van der Waals surface area contributed by atoms with Crippen molar-refractivity contribution >= 4 is 39.5 Å². The van der Waals surface area contributed by atoms with Crippen LogP contribution in [0.15, 0.2) is 122 Å². The fraction of sp³-hybridized carbons (Fsp3) is 0.400. The predicted molar refractivity (Wildman–Crippen MR) is 327 cm³/mol. The number of pyridine rings is 4. The molecule has 0 fully saturated rings. The maximum Gasteiger partial charge on any atom is 4.00 e. The van der Waals surface area contributed by atoms with Crippen molar-refractivity contribution in [3.63, 3.8) is 0 Å². The number of hydrogen-bond acceptors (Lipinski definition) is 22. The van der Waals surface area contributed by atoms with Crippen molar-refractivity contribution in [2.75, 3.05) is 41.5 Å². The molecule has 23 nitrogen and oxygen atoms in total. The Bertz CT molecular complexity index is 2960. The average Bonchev–Trinajstić information content (AvgIpc) is 0.802. The first-order chi connectivity index (χ1) is 44.0. The molecule has 4 N–H and O–H groups in total. The van der Waals surface area contributed by atoms with E-state index in [4.69, 9.17) is 40.2 Å². The summed E-state index contributed by atoms with van der Waals surface area (Å²) in [5, 5.41) is 95.2. The van der Waals surface area contributed by atoms with Crippen LogP contribution in [0.5, 0.6) is 11.5 Å². The standard InChI is InChI=1S/2C26H32N4O3.2C2H4O2.4CH4O.2Cu.2F6P.2Fe.O/c2*1-19(2)30(17-24-9-5-7-11-28-24)15-22-13-20(3)12-21(26(22)33)14-29(18-25(31)32)16-23-8-4-6-10-27-23;2*1-2(3)4;4*1-2;;;2*1-7(2,3,4,5)6;;;/h2*4-13,19,33H,14-18H2,1-3H3,(H,31,32);2*1H3,(H,3,4);4*2H,1H3;;;;;;;/q;;;;;;;;2*+2;2*-1;2*+4;-2/p-6. The van der Waals surface area contributed by atoms with E-state index in [1.165, 1.54) is 0 Å². The van der Waals surface area contributed by atoms with Crippen LogP contribution in [0.3, 0.4) is 0 Å². The quantitative estimate of drug-likeness (QED) is 0.0315. The molecule has 0 unspecified atom stereocenters. The molecule has 0 aliphatic heterocycles. The van der Waals surface area contributed by atoms with E-state index in [0.717, 1.165) is 76.2 Å². The molecule has 41 heteroatoms. The SMILES string of the molecule is CC(=O)[O-].CC(=O)[O-].CO.CO.CO.CO.Cc1cc(CN(CC(=O)[O-])Cc2ccccn2)c([O-])c(CN(Cc2ccccn2)C(C)C)c1.Cc1cc(CN(CC(=O)[O-])Cc2ccccn2)c([O-])c(CN(Cc2ccccn2)C(C)C)c1.F[P-](F)(F)(F)(F)F.F[P-](F)(F)(F)(F)F.[Cu+2].[Cu+2].[Fe+4].[Fe+4].[O-2].